The van der Waals surface area contributed by atoms with E-state index in [4.69, 9.17) is 37.0 Å². The van der Waals surface area contributed by atoms with Gasteiger partial charge in [0.1, 0.15) is 19.3 Å². The summed E-state index contributed by atoms with van der Waals surface area (Å²) in [6.07, 6.45) is 48.9. The Morgan fingerprint density at radius 2 is 0.511 bits per heavy atom. The highest BCUT2D eigenvalue weighted by Crippen LogP contribution is 2.45. The molecule has 0 rings (SSSR count). The SMILES string of the molecule is CCC(C)CCCCCCCCCCCCCCCCCCCCC(=O)OC[C@H](COP(=O)(O)OCC(O)COP(=O)(O)OC[C@@H](COC(=O)CCCCCCCCCC(C)C)OC(=O)CCCCCCCCCCC(C)CC)OC(=O)CCCCCCCCCC(C)C. The molecule has 19 heteroatoms. The molecule has 0 heterocycles. The van der Waals surface area contributed by atoms with Crippen molar-refractivity contribution in [3.05, 3.63) is 0 Å². The molecule has 94 heavy (non-hydrogen) atoms. The first-order valence-electron chi connectivity index (χ1n) is 38.8. The van der Waals surface area contributed by atoms with E-state index >= 15 is 0 Å². The van der Waals surface area contributed by atoms with E-state index in [2.05, 4.69) is 55.4 Å². The summed E-state index contributed by atoms with van der Waals surface area (Å²) >= 11 is 0. The highest BCUT2D eigenvalue weighted by Gasteiger charge is 2.30. The monoisotopic (exact) mass is 1380 g/mol. The Balaban J connectivity index is 5.13. The predicted octanol–water partition coefficient (Wildman–Crippen LogP) is 21.7. The lowest BCUT2D eigenvalue weighted by atomic mass is 9.99. The van der Waals surface area contributed by atoms with Crippen molar-refractivity contribution in [3.8, 4) is 0 Å². The number of esters is 4. The summed E-state index contributed by atoms with van der Waals surface area (Å²) in [4.78, 5) is 72.6. The molecule has 0 radical (unpaired) electrons. The molecule has 558 valence electrons. The van der Waals surface area contributed by atoms with Crippen molar-refractivity contribution in [2.75, 3.05) is 39.6 Å². The van der Waals surface area contributed by atoms with Gasteiger partial charge in [0.15, 0.2) is 12.2 Å². The van der Waals surface area contributed by atoms with E-state index in [9.17, 15) is 43.2 Å². The van der Waals surface area contributed by atoms with Crippen LogP contribution in [0.1, 0.15) is 376 Å². The van der Waals surface area contributed by atoms with Gasteiger partial charge in [0.05, 0.1) is 26.4 Å². The molecular formula is C75H146O17P2. The van der Waals surface area contributed by atoms with E-state index in [1.54, 1.807) is 0 Å². The molecule has 0 spiro atoms. The van der Waals surface area contributed by atoms with Gasteiger partial charge >= 0.3 is 39.5 Å². The molecule has 0 aromatic carbocycles. The third-order valence-electron chi connectivity index (χ3n) is 18.0. The second-order valence-electron chi connectivity index (χ2n) is 28.5. The highest BCUT2D eigenvalue weighted by atomic mass is 31.2. The minimum Gasteiger partial charge on any atom is -0.462 e. The van der Waals surface area contributed by atoms with Gasteiger partial charge in [-0.15, -0.1) is 0 Å². The van der Waals surface area contributed by atoms with Gasteiger partial charge in [-0.25, -0.2) is 9.13 Å². The highest BCUT2D eigenvalue weighted by molar-refractivity contribution is 7.47. The second kappa shape index (κ2) is 64.4. The topological polar surface area (TPSA) is 237 Å². The van der Waals surface area contributed by atoms with Gasteiger partial charge in [-0.2, -0.15) is 0 Å². The van der Waals surface area contributed by atoms with Crippen LogP contribution in [-0.4, -0.2) is 96.7 Å². The van der Waals surface area contributed by atoms with Gasteiger partial charge in [0.2, 0.25) is 0 Å². The molecule has 0 aliphatic carbocycles. The Morgan fingerprint density at radius 1 is 0.298 bits per heavy atom. The summed E-state index contributed by atoms with van der Waals surface area (Å²) in [7, 11) is -9.91. The number of aliphatic hydroxyl groups is 1. The average molecular weight is 1380 g/mol. The van der Waals surface area contributed by atoms with Crippen LogP contribution in [0.3, 0.4) is 0 Å². The predicted molar refractivity (Wildman–Crippen MR) is 381 cm³/mol. The van der Waals surface area contributed by atoms with Gasteiger partial charge in [-0.1, -0.05) is 325 Å². The fourth-order valence-electron chi connectivity index (χ4n) is 11.3. The molecule has 0 saturated heterocycles. The first-order valence-corrected chi connectivity index (χ1v) is 41.8. The van der Waals surface area contributed by atoms with E-state index < -0.39 is 97.5 Å². The number of rotatable bonds is 72. The van der Waals surface area contributed by atoms with Crippen LogP contribution in [0.5, 0.6) is 0 Å². The summed E-state index contributed by atoms with van der Waals surface area (Å²) in [5.74, 6) is 0.915. The Hall–Kier alpha value is -1.94. The lowest BCUT2D eigenvalue weighted by Gasteiger charge is -2.21. The molecule has 7 atom stereocenters. The van der Waals surface area contributed by atoms with Gasteiger partial charge < -0.3 is 33.8 Å². The number of carbonyl (C=O) groups excluding carboxylic acids is 4. The Kier molecular flexibility index (Phi) is 63.1. The third-order valence-corrected chi connectivity index (χ3v) is 19.9. The van der Waals surface area contributed by atoms with E-state index in [0.717, 1.165) is 108 Å². The van der Waals surface area contributed by atoms with Crippen LogP contribution < -0.4 is 0 Å². The van der Waals surface area contributed by atoms with Gasteiger partial charge in [-0.3, -0.25) is 37.3 Å². The standard InChI is InChI=1S/C75H146O17P2/c1-9-67(7)53-45-37-29-21-19-17-15-13-11-12-14-16-18-20-22-31-39-47-55-72(77)85-61-71(92-75(80)58-50-42-34-26-28-36-44-52-66(5)6)64-90-94(83,84)88-60-69(76)59-87-93(81,82)89-63-70(62-86-73(78)56-48-40-33-25-27-35-43-51-65(3)4)91-74(79)57-49-41-32-24-23-30-38-46-54-68(8)10-2/h65-71,76H,9-64H2,1-8H3,(H,81,82)(H,83,84)/t67?,68?,69?,70-,71-/m1/s1. The molecule has 5 unspecified atom stereocenters. The zero-order valence-electron chi connectivity index (χ0n) is 61.6. The van der Waals surface area contributed by atoms with Crippen LogP contribution in [-0.2, 0) is 65.4 Å². The lowest BCUT2D eigenvalue weighted by Crippen LogP contribution is -2.30. The molecule has 0 aliphatic heterocycles. The maximum absolute atomic E-state index is 13.0. The molecule has 0 aromatic rings. The molecule has 0 aliphatic rings. The maximum atomic E-state index is 13.0. The smallest absolute Gasteiger partial charge is 0.462 e. The zero-order chi connectivity index (χ0) is 69.6. The minimum atomic E-state index is -4.95. The van der Waals surface area contributed by atoms with Crippen molar-refractivity contribution in [2.24, 2.45) is 23.7 Å². The van der Waals surface area contributed by atoms with Gasteiger partial charge in [-0.05, 0) is 49.4 Å². The van der Waals surface area contributed by atoms with Crippen molar-refractivity contribution in [1.82, 2.24) is 0 Å². The van der Waals surface area contributed by atoms with Crippen LogP contribution in [0.25, 0.3) is 0 Å². The molecule has 17 nitrogen and oxygen atoms in total. The third kappa shape index (κ3) is 66.0. The van der Waals surface area contributed by atoms with Gasteiger partial charge in [0, 0.05) is 25.7 Å². The Morgan fingerprint density at radius 3 is 0.755 bits per heavy atom. The molecule has 0 amide bonds. The van der Waals surface area contributed by atoms with Crippen LogP contribution in [0.4, 0.5) is 0 Å². The number of phosphoric ester groups is 2. The molecule has 0 saturated carbocycles. The van der Waals surface area contributed by atoms with Crippen LogP contribution in [0.2, 0.25) is 0 Å². The number of aliphatic hydroxyl groups excluding tert-OH is 1. The fourth-order valence-corrected chi connectivity index (χ4v) is 12.9. The largest absolute Gasteiger partial charge is 0.472 e. The molecule has 0 aromatic heterocycles. The number of carbonyl (C=O) groups is 4. The van der Waals surface area contributed by atoms with Gasteiger partial charge in [0.25, 0.3) is 0 Å². The number of ether oxygens (including phenoxy) is 4. The van der Waals surface area contributed by atoms with E-state index in [1.165, 1.54) is 173 Å². The maximum Gasteiger partial charge on any atom is 0.472 e. The summed E-state index contributed by atoms with van der Waals surface area (Å²) in [5, 5.41) is 10.6. The summed E-state index contributed by atoms with van der Waals surface area (Å²) in [6, 6.07) is 0. The van der Waals surface area contributed by atoms with Crippen LogP contribution in [0.15, 0.2) is 0 Å². The molecular weight excluding hydrogens is 1230 g/mol. The summed E-state index contributed by atoms with van der Waals surface area (Å²) in [5.41, 5.74) is 0. The van der Waals surface area contributed by atoms with Crippen molar-refractivity contribution in [2.45, 2.75) is 395 Å². The Labute approximate surface area is 575 Å². The summed E-state index contributed by atoms with van der Waals surface area (Å²) < 4.78 is 68.4. The fraction of sp³-hybridized carbons (Fsp3) is 0.947. The first kappa shape index (κ1) is 92.1. The lowest BCUT2D eigenvalue weighted by molar-refractivity contribution is -0.161. The van der Waals surface area contributed by atoms with E-state index in [0.29, 0.717) is 37.5 Å². The number of hydrogen-bond acceptors (Lipinski definition) is 15. The normalized spacial score (nSPS) is 14.7. The Bertz CT molecular complexity index is 1850. The van der Waals surface area contributed by atoms with Crippen molar-refractivity contribution in [3.63, 3.8) is 0 Å². The van der Waals surface area contributed by atoms with Crippen molar-refractivity contribution in [1.29, 1.82) is 0 Å². The van der Waals surface area contributed by atoms with Crippen LogP contribution in [0, 0.1) is 23.7 Å². The van der Waals surface area contributed by atoms with Crippen molar-refractivity contribution >= 4 is 39.5 Å². The molecule has 0 fully saturated rings. The quantitative estimate of drug-likeness (QED) is 0.0222. The minimum absolute atomic E-state index is 0.103. The summed E-state index contributed by atoms with van der Waals surface area (Å²) in [6.45, 7) is 14.1. The molecule has 0 bridgehead atoms. The first-order chi connectivity index (χ1) is 45.2. The van der Waals surface area contributed by atoms with E-state index in [-0.39, 0.29) is 25.7 Å². The second-order valence-corrected chi connectivity index (χ2v) is 31.4. The van der Waals surface area contributed by atoms with E-state index in [1.807, 2.05) is 0 Å². The molecule has 3 N–H and O–H groups in total. The van der Waals surface area contributed by atoms with Crippen molar-refractivity contribution < 1.29 is 80.2 Å². The zero-order valence-corrected chi connectivity index (χ0v) is 63.4. The number of hydrogen-bond donors (Lipinski definition) is 3. The number of phosphoric acid groups is 2. The average Bonchev–Trinajstić information content (AvgIpc) is 1.39. The number of unbranched alkanes of at least 4 members (excludes halogenated alkanes) is 36. The van der Waals surface area contributed by atoms with Crippen LogP contribution >= 0.6 is 15.6 Å².